The number of anilines is 1. The van der Waals surface area contributed by atoms with Gasteiger partial charge in [-0.2, -0.15) is 0 Å². The van der Waals surface area contributed by atoms with Gasteiger partial charge in [-0.3, -0.25) is 5.32 Å². The van der Waals surface area contributed by atoms with Crippen molar-refractivity contribution in [1.29, 1.82) is 0 Å². The molecule has 0 aliphatic carbocycles. The number of aryl methyl sites for hydroxylation is 1. The largest absolute Gasteiger partial charge is 0.462 e. The molecular weight excluding hydrogens is 276 g/mol. The van der Waals surface area contributed by atoms with Gasteiger partial charge in [-0.05, 0) is 40.2 Å². The molecule has 1 heterocycles. The van der Waals surface area contributed by atoms with E-state index in [1.54, 1.807) is 11.8 Å². The summed E-state index contributed by atoms with van der Waals surface area (Å²) >= 11 is 1.40. The van der Waals surface area contributed by atoms with Crippen LogP contribution >= 0.6 is 11.3 Å². The van der Waals surface area contributed by atoms with Crippen LogP contribution in [-0.2, 0) is 4.74 Å². The van der Waals surface area contributed by atoms with Crippen molar-refractivity contribution in [3.63, 3.8) is 0 Å². The van der Waals surface area contributed by atoms with Gasteiger partial charge in [0.25, 0.3) is 0 Å². The second kappa shape index (κ2) is 7.28. The molecule has 0 aliphatic heterocycles. The van der Waals surface area contributed by atoms with Crippen molar-refractivity contribution in [2.45, 2.75) is 34.6 Å². The van der Waals surface area contributed by atoms with Crippen molar-refractivity contribution in [2.24, 2.45) is 0 Å². The number of ether oxygens (including phenoxy) is 1. The smallest absolute Gasteiger partial charge is 0.341 e. The maximum absolute atomic E-state index is 12.1. The summed E-state index contributed by atoms with van der Waals surface area (Å²) in [5, 5.41) is 3.38. The van der Waals surface area contributed by atoms with Gasteiger partial charge >= 0.3 is 12.0 Å². The Kier molecular flexibility index (Phi) is 6.01. The molecule has 0 aromatic carbocycles. The van der Waals surface area contributed by atoms with E-state index in [0.717, 1.165) is 10.4 Å². The first kappa shape index (κ1) is 16.5. The second-order valence-electron chi connectivity index (χ2n) is 4.31. The lowest BCUT2D eigenvalue weighted by molar-refractivity contribution is 0.0527. The summed E-state index contributed by atoms with van der Waals surface area (Å²) in [5.41, 5.74) is 1.33. The molecule has 0 saturated carbocycles. The number of thiophene rings is 1. The number of hydrogen-bond donors (Lipinski definition) is 1. The summed E-state index contributed by atoms with van der Waals surface area (Å²) in [5.74, 6) is -0.385. The summed E-state index contributed by atoms with van der Waals surface area (Å²) in [4.78, 5) is 26.8. The number of esters is 1. The van der Waals surface area contributed by atoms with Gasteiger partial charge in [0.1, 0.15) is 5.00 Å². The minimum Gasteiger partial charge on any atom is -0.462 e. The van der Waals surface area contributed by atoms with Crippen molar-refractivity contribution in [3.05, 3.63) is 16.0 Å². The SMILES string of the molecule is CCOC(=O)c1c(NC(=O)N(CC)CC)sc(C)c1C. The number of nitrogens with one attached hydrogen (secondary N) is 1. The predicted molar refractivity (Wildman–Crippen MR) is 81.7 cm³/mol. The Morgan fingerprint density at radius 3 is 2.30 bits per heavy atom. The van der Waals surface area contributed by atoms with Gasteiger partial charge in [0.2, 0.25) is 0 Å². The molecule has 0 bridgehead atoms. The average molecular weight is 298 g/mol. The first-order valence-electron chi connectivity index (χ1n) is 6.79. The van der Waals surface area contributed by atoms with Crippen molar-refractivity contribution >= 4 is 28.3 Å². The van der Waals surface area contributed by atoms with Crippen LogP contribution in [0.15, 0.2) is 0 Å². The molecule has 1 aromatic rings. The van der Waals surface area contributed by atoms with Gasteiger partial charge in [0.05, 0.1) is 12.2 Å². The van der Waals surface area contributed by atoms with Crippen LogP contribution in [0.4, 0.5) is 9.80 Å². The number of hydrogen-bond acceptors (Lipinski definition) is 4. The minimum absolute atomic E-state index is 0.193. The van der Waals surface area contributed by atoms with Crippen LogP contribution in [0.25, 0.3) is 0 Å². The van der Waals surface area contributed by atoms with E-state index in [1.165, 1.54) is 11.3 Å². The normalized spacial score (nSPS) is 10.2. The lowest BCUT2D eigenvalue weighted by Crippen LogP contribution is -2.34. The first-order valence-corrected chi connectivity index (χ1v) is 7.60. The van der Waals surface area contributed by atoms with Crippen molar-refractivity contribution in [3.8, 4) is 0 Å². The number of carbonyl (C=O) groups excluding carboxylic acids is 2. The molecule has 6 heteroatoms. The molecule has 0 aliphatic rings. The van der Waals surface area contributed by atoms with Crippen LogP contribution in [0.5, 0.6) is 0 Å². The van der Waals surface area contributed by atoms with Crippen molar-refractivity contribution in [2.75, 3.05) is 25.0 Å². The van der Waals surface area contributed by atoms with Gasteiger partial charge in [0, 0.05) is 18.0 Å². The molecule has 1 rings (SSSR count). The Balaban J connectivity index is 3.03. The Labute approximate surface area is 123 Å². The molecule has 0 unspecified atom stereocenters. The summed E-state index contributed by atoms with van der Waals surface area (Å²) in [6, 6.07) is -0.193. The first-order chi connectivity index (χ1) is 9.46. The third-order valence-electron chi connectivity index (χ3n) is 3.14. The zero-order valence-corrected chi connectivity index (χ0v) is 13.5. The highest BCUT2D eigenvalue weighted by molar-refractivity contribution is 7.16. The van der Waals surface area contributed by atoms with Crippen molar-refractivity contribution in [1.82, 2.24) is 4.90 Å². The standard InChI is InChI=1S/C14H22N2O3S/c1-6-16(7-2)14(18)15-12-11(13(17)19-8-3)9(4)10(5)20-12/h6-8H2,1-5H3,(H,15,18). The fourth-order valence-electron chi connectivity index (χ4n) is 1.85. The van der Waals surface area contributed by atoms with Crippen LogP contribution in [0, 0.1) is 13.8 Å². The third-order valence-corrected chi connectivity index (χ3v) is 4.26. The number of amides is 2. The van der Waals surface area contributed by atoms with Gasteiger partial charge in [-0.25, -0.2) is 9.59 Å². The maximum Gasteiger partial charge on any atom is 0.341 e. The molecule has 0 saturated heterocycles. The van der Waals surface area contributed by atoms with E-state index in [1.807, 2.05) is 27.7 Å². The quantitative estimate of drug-likeness (QED) is 0.847. The van der Waals surface area contributed by atoms with E-state index in [9.17, 15) is 9.59 Å². The minimum atomic E-state index is -0.385. The average Bonchev–Trinajstić information content (AvgIpc) is 2.66. The number of urea groups is 1. The van der Waals surface area contributed by atoms with Crippen LogP contribution in [0.3, 0.4) is 0 Å². The van der Waals surface area contributed by atoms with Crippen LogP contribution in [0.1, 0.15) is 41.6 Å². The molecular formula is C14H22N2O3S. The zero-order chi connectivity index (χ0) is 15.3. The van der Waals surface area contributed by atoms with Crippen LogP contribution in [0.2, 0.25) is 0 Å². The van der Waals surface area contributed by atoms with Crippen LogP contribution in [-0.4, -0.2) is 36.6 Å². The summed E-state index contributed by atoms with van der Waals surface area (Å²) in [6.45, 7) is 11.0. The second-order valence-corrected chi connectivity index (χ2v) is 5.54. The molecule has 0 spiro atoms. The van der Waals surface area contributed by atoms with E-state index in [-0.39, 0.29) is 12.0 Å². The molecule has 5 nitrogen and oxygen atoms in total. The Bertz CT molecular complexity index is 493. The Hall–Kier alpha value is -1.56. The monoisotopic (exact) mass is 298 g/mol. The highest BCUT2D eigenvalue weighted by Gasteiger charge is 2.23. The van der Waals surface area contributed by atoms with Gasteiger partial charge in [-0.15, -0.1) is 11.3 Å². The maximum atomic E-state index is 12.1. The van der Waals surface area contributed by atoms with Gasteiger partial charge in [0.15, 0.2) is 0 Å². The summed E-state index contributed by atoms with van der Waals surface area (Å²) in [7, 11) is 0. The summed E-state index contributed by atoms with van der Waals surface area (Å²) in [6.07, 6.45) is 0. The van der Waals surface area contributed by atoms with Crippen LogP contribution < -0.4 is 5.32 Å². The predicted octanol–water partition coefficient (Wildman–Crippen LogP) is 3.42. The number of nitrogens with zero attached hydrogens (tertiary/aromatic N) is 1. The van der Waals surface area contributed by atoms with E-state index in [4.69, 9.17) is 4.74 Å². The number of rotatable bonds is 5. The molecule has 0 radical (unpaired) electrons. The molecule has 20 heavy (non-hydrogen) atoms. The highest BCUT2D eigenvalue weighted by atomic mass is 32.1. The number of carbonyl (C=O) groups is 2. The molecule has 2 amide bonds. The fraction of sp³-hybridized carbons (Fsp3) is 0.571. The van der Waals surface area contributed by atoms with E-state index < -0.39 is 0 Å². The zero-order valence-electron chi connectivity index (χ0n) is 12.7. The molecule has 1 N–H and O–H groups in total. The molecule has 0 atom stereocenters. The van der Waals surface area contributed by atoms with E-state index >= 15 is 0 Å². The molecule has 1 aromatic heterocycles. The lowest BCUT2D eigenvalue weighted by atomic mass is 10.1. The van der Waals surface area contributed by atoms with E-state index in [0.29, 0.717) is 30.3 Å². The highest BCUT2D eigenvalue weighted by Crippen LogP contribution is 2.33. The third kappa shape index (κ3) is 3.50. The lowest BCUT2D eigenvalue weighted by Gasteiger charge is -2.19. The summed E-state index contributed by atoms with van der Waals surface area (Å²) < 4.78 is 5.06. The topological polar surface area (TPSA) is 58.6 Å². The van der Waals surface area contributed by atoms with Gasteiger partial charge in [-0.1, -0.05) is 0 Å². The van der Waals surface area contributed by atoms with E-state index in [2.05, 4.69) is 5.32 Å². The molecule has 112 valence electrons. The Morgan fingerprint density at radius 2 is 1.80 bits per heavy atom. The van der Waals surface area contributed by atoms with Crippen molar-refractivity contribution < 1.29 is 14.3 Å². The van der Waals surface area contributed by atoms with Gasteiger partial charge < -0.3 is 9.64 Å². The Morgan fingerprint density at radius 1 is 1.20 bits per heavy atom. The molecule has 0 fully saturated rings. The fourth-order valence-corrected chi connectivity index (χ4v) is 2.89.